The lowest BCUT2D eigenvalue weighted by molar-refractivity contribution is 0.0921. The normalized spacial score (nSPS) is 10.7. The third-order valence-electron chi connectivity index (χ3n) is 4.11. The van der Waals surface area contributed by atoms with E-state index in [1.807, 2.05) is 30.3 Å². The molecule has 0 spiro atoms. The maximum Gasteiger partial charge on any atom is 0.287 e. The van der Waals surface area contributed by atoms with E-state index in [2.05, 4.69) is 5.32 Å². The van der Waals surface area contributed by atoms with Gasteiger partial charge in [0, 0.05) is 18.2 Å². The molecule has 0 bridgehead atoms. The van der Waals surface area contributed by atoms with Crippen LogP contribution in [0.2, 0.25) is 0 Å². The minimum atomic E-state index is -0.861. The number of carbonyl (C=O) groups is 2. The fraction of sp³-hybridized carbons (Fsp3) is 0.158. The summed E-state index contributed by atoms with van der Waals surface area (Å²) in [5.41, 5.74) is 6.60. The Morgan fingerprint density at radius 2 is 1.96 bits per heavy atom. The van der Waals surface area contributed by atoms with Crippen molar-refractivity contribution in [1.82, 2.24) is 5.32 Å². The van der Waals surface area contributed by atoms with Gasteiger partial charge in [-0.2, -0.15) is 0 Å². The monoisotopic (exact) mass is 354 g/mol. The Kier molecular flexibility index (Phi) is 4.53. The number of fused-ring (bicyclic) bond motifs is 1. The SMILES string of the molecule is COc1cc(O)c(C(N)=O)c2oc(C(=O)NCc3ccccc3)c(C)c12. The summed E-state index contributed by atoms with van der Waals surface area (Å²) in [7, 11) is 1.42. The number of amides is 2. The predicted molar refractivity (Wildman–Crippen MR) is 95.3 cm³/mol. The van der Waals surface area contributed by atoms with Crippen LogP contribution in [0.3, 0.4) is 0 Å². The van der Waals surface area contributed by atoms with Crippen molar-refractivity contribution in [2.24, 2.45) is 5.73 Å². The van der Waals surface area contributed by atoms with Crippen LogP contribution in [0.15, 0.2) is 40.8 Å². The van der Waals surface area contributed by atoms with Crippen LogP contribution in [0, 0.1) is 6.92 Å². The second-order valence-corrected chi connectivity index (χ2v) is 5.77. The van der Waals surface area contributed by atoms with E-state index < -0.39 is 11.8 Å². The number of furan rings is 1. The van der Waals surface area contributed by atoms with Crippen molar-refractivity contribution >= 4 is 22.8 Å². The number of aryl methyl sites for hydroxylation is 1. The van der Waals surface area contributed by atoms with Crippen LogP contribution in [0.1, 0.15) is 32.0 Å². The van der Waals surface area contributed by atoms with Crippen LogP contribution >= 0.6 is 0 Å². The van der Waals surface area contributed by atoms with Gasteiger partial charge in [0.2, 0.25) is 0 Å². The zero-order chi connectivity index (χ0) is 18.8. The molecule has 0 radical (unpaired) electrons. The molecule has 134 valence electrons. The lowest BCUT2D eigenvalue weighted by Crippen LogP contribution is -2.22. The maximum atomic E-state index is 12.5. The number of methoxy groups -OCH3 is 1. The van der Waals surface area contributed by atoms with E-state index in [-0.39, 0.29) is 28.4 Å². The lowest BCUT2D eigenvalue weighted by Gasteiger charge is -2.06. The van der Waals surface area contributed by atoms with Gasteiger partial charge in [-0.05, 0) is 12.5 Å². The molecule has 26 heavy (non-hydrogen) atoms. The zero-order valence-corrected chi connectivity index (χ0v) is 14.3. The molecule has 0 aliphatic heterocycles. The predicted octanol–water partition coefficient (Wildman–Crippen LogP) is 2.48. The zero-order valence-electron chi connectivity index (χ0n) is 14.3. The van der Waals surface area contributed by atoms with Crippen LogP contribution in [0.5, 0.6) is 11.5 Å². The molecule has 0 atom stereocenters. The van der Waals surface area contributed by atoms with E-state index in [0.717, 1.165) is 5.56 Å². The van der Waals surface area contributed by atoms with Crippen molar-refractivity contribution in [3.8, 4) is 11.5 Å². The molecule has 0 aliphatic carbocycles. The molecular formula is C19H18N2O5. The van der Waals surface area contributed by atoms with Gasteiger partial charge in [0.15, 0.2) is 11.3 Å². The Labute approximate surface area is 149 Å². The number of nitrogens with one attached hydrogen (secondary N) is 1. The van der Waals surface area contributed by atoms with Gasteiger partial charge in [-0.3, -0.25) is 9.59 Å². The quantitative estimate of drug-likeness (QED) is 0.651. The van der Waals surface area contributed by atoms with Crippen LogP contribution in [0.4, 0.5) is 0 Å². The summed E-state index contributed by atoms with van der Waals surface area (Å²) in [4.78, 5) is 24.2. The average molecular weight is 354 g/mol. The van der Waals surface area contributed by atoms with Crippen molar-refractivity contribution in [2.75, 3.05) is 7.11 Å². The minimum absolute atomic E-state index is 0.0247. The first-order valence-corrected chi connectivity index (χ1v) is 7.89. The average Bonchev–Trinajstić information content (AvgIpc) is 2.96. The smallest absolute Gasteiger partial charge is 0.287 e. The van der Waals surface area contributed by atoms with Gasteiger partial charge >= 0.3 is 0 Å². The van der Waals surface area contributed by atoms with Crippen molar-refractivity contribution in [1.29, 1.82) is 0 Å². The Balaban J connectivity index is 2.04. The molecule has 0 aliphatic rings. The molecule has 0 unspecified atom stereocenters. The van der Waals surface area contributed by atoms with Gasteiger partial charge < -0.3 is 25.3 Å². The first-order chi connectivity index (χ1) is 12.4. The van der Waals surface area contributed by atoms with Gasteiger partial charge in [0.05, 0.1) is 12.5 Å². The first-order valence-electron chi connectivity index (χ1n) is 7.89. The molecule has 3 rings (SSSR count). The van der Waals surface area contributed by atoms with Gasteiger partial charge in [-0.15, -0.1) is 0 Å². The number of primary amides is 1. The molecule has 0 saturated heterocycles. The Hall–Kier alpha value is -3.48. The molecule has 7 heteroatoms. The molecule has 2 aromatic carbocycles. The van der Waals surface area contributed by atoms with Crippen molar-refractivity contribution in [3.63, 3.8) is 0 Å². The number of phenols is 1. The number of benzene rings is 2. The lowest BCUT2D eigenvalue weighted by atomic mass is 10.1. The molecule has 1 heterocycles. The highest BCUT2D eigenvalue weighted by Gasteiger charge is 2.26. The molecule has 0 fully saturated rings. The maximum absolute atomic E-state index is 12.5. The molecule has 0 saturated carbocycles. The van der Waals surface area contributed by atoms with Crippen LogP contribution in [-0.4, -0.2) is 24.0 Å². The highest BCUT2D eigenvalue weighted by atomic mass is 16.5. The third-order valence-corrected chi connectivity index (χ3v) is 4.11. The van der Waals surface area contributed by atoms with E-state index in [0.29, 0.717) is 17.5 Å². The highest BCUT2D eigenvalue weighted by molar-refractivity contribution is 6.11. The second kappa shape index (κ2) is 6.79. The van der Waals surface area contributed by atoms with E-state index in [4.69, 9.17) is 14.9 Å². The number of nitrogens with two attached hydrogens (primary N) is 1. The molecule has 4 N–H and O–H groups in total. The fourth-order valence-electron chi connectivity index (χ4n) is 2.85. The van der Waals surface area contributed by atoms with Gasteiger partial charge in [0.25, 0.3) is 11.8 Å². The van der Waals surface area contributed by atoms with Crippen LogP contribution in [0.25, 0.3) is 11.0 Å². The summed E-state index contributed by atoms with van der Waals surface area (Å²) in [6.07, 6.45) is 0. The summed E-state index contributed by atoms with van der Waals surface area (Å²) in [6.45, 7) is 1.99. The number of rotatable bonds is 5. The van der Waals surface area contributed by atoms with E-state index in [1.165, 1.54) is 13.2 Å². The summed E-state index contributed by atoms with van der Waals surface area (Å²) < 4.78 is 10.9. The van der Waals surface area contributed by atoms with Crippen LogP contribution in [-0.2, 0) is 6.54 Å². The van der Waals surface area contributed by atoms with E-state index in [9.17, 15) is 14.7 Å². The standard InChI is InChI=1S/C19H18N2O5/c1-10-14-13(25-2)8-12(22)15(18(20)23)17(14)26-16(10)19(24)21-9-11-6-4-3-5-7-11/h3-8,22H,9H2,1-2H3,(H2,20,23)(H,21,24). The number of aromatic hydroxyl groups is 1. The molecular weight excluding hydrogens is 336 g/mol. The van der Waals surface area contributed by atoms with Gasteiger partial charge in [-0.25, -0.2) is 0 Å². The van der Waals surface area contributed by atoms with Crippen molar-refractivity contribution in [2.45, 2.75) is 13.5 Å². The number of hydrogen-bond acceptors (Lipinski definition) is 5. The number of ether oxygens (including phenoxy) is 1. The van der Waals surface area contributed by atoms with Gasteiger partial charge in [0.1, 0.15) is 17.1 Å². The largest absolute Gasteiger partial charge is 0.507 e. The third kappa shape index (κ3) is 2.95. The van der Waals surface area contributed by atoms with Crippen LogP contribution < -0.4 is 15.8 Å². The molecule has 3 aromatic rings. The number of carbonyl (C=O) groups excluding carboxylic acids is 2. The Bertz CT molecular complexity index is 992. The Morgan fingerprint density at radius 3 is 2.58 bits per heavy atom. The van der Waals surface area contributed by atoms with Crippen molar-refractivity contribution in [3.05, 3.63) is 58.8 Å². The minimum Gasteiger partial charge on any atom is -0.507 e. The van der Waals surface area contributed by atoms with Crippen molar-refractivity contribution < 1.29 is 23.8 Å². The fourth-order valence-corrected chi connectivity index (χ4v) is 2.85. The van der Waals surface area contributed by atoms with Gasteiger partial charge in [-0.1, -0.05) is 30.3 Å². The first kappa shape index (κ1) is 17.3. The topological polar surface area (TPSA) is 115 Å². The highest BCUT2D eigenvalue weighted by Crippen LogP contribution is 2.39. The summed E-state index contributed by atoms with van der Waals surface area (Å²) in [5, 5.41) is 13.2. The Morgan fingerprint density at radius 1 is 1.27 bits per heavy atom. The summed E-state index contributed by atoms with van der Waals surface area (Å²) in [6, 6.07) is 10.7. The molecule has 2 amide bonds. The second-order valence-electron chi connectivity index (χ2n) is 5.77. The summed E-state index contributed by atoms with van der Waals surface area (Å²) >= 11 is 0. The number of hydrogen-bond donors (Lipinski definition) is 3. The summed E-state index contributed by atoms with van der Waals surface area (Å²) in [5.74, 6) is -1.36. The van der Waals surface area contributed by atoms with E-state index >= 15 is 0 Å². The van der Waals surface area contributed by atoms with E-state index in [1.54, 1.807) is 6.92 Å². The molecule has 1 aromatic heterocycles. The molecule has 7 nitrogen and oxygen atoms in total.